The fourth-order valence-electron chi connectivity index (χ4n) is 5.18. The van der Waals surface area contributed by atoms with Gasteiger partial charge in [-0.05, 0) is 76.3 Å². The van der Waals surface area contributed by atoms with Gasteiger partial charge in [-0.3, -0.25) is 0 Å². The van der Waals surface area contributed by atoms with Crippen molar-refractivity contribution >= 4 is 11.9 Å². The molecule has 0 saturated heterocycles. The van der Waals surface area contributed by atoms with Crippen LogP contribution in [0.2, 0.25) is 0 Å². The van der Waals surface area contributed by atoms with E-state index in [1.165, 1.54) is 112 Å². The Morgan fingerprint density at radius 3 is 0.907 bits per heavy atom. The van der Waals surface area contributed by atoms with Crippen LogP contribution >= 0.6 is 0 Å². The zero-order valence-electron chi connectivity index (χ0n) is 27.5. The topological polar surface area (TPSA) is 80.3 Å². The van der Waals surface area contributed by atoms with Crippen molar-refractivity contribution < 1.29 is 47.5 Å². The molecule has 0 unspecified atom stereocenters. The molecule has 0 amide bonds. The molecule has 0 fully saturated rings. The zero-order chi connectivity index (χ0) is 30.7. The fraction of sp³-hybridized carbons (Fsp3) is 0.632. The fourth-order valence-corrected chi connectivity index (χ4v) is 5.18. The Bertz CT molecular complexity index is 846. The number of rotatable bonds is 24. The summed E-state index contributed by atoms with van der Waals surface area (Å²) in [7, 11) is 0. The van der Waals surface area contributed by atoms with E-state index in [-0.39, 0.29) is 40.5 Å². The Kier molecular flexibility index (Phi) is 27.9. The monoisotopic (exact) mass is 780 g/mol. The molecular weight excluding hydrogens is 721 g/mol. The van der Waals surface area contributed by atoms with Crippen LogP contribution in [0, 0.1) is 13.8 Å². The molecule has 43 heavy (non-hydrogen) atoms. The standard InChI is InChI=1S/2C19H30O2.Hg/c2*1-17-13-15-18(16-14-17)11-9-7-5-3-2-4-6-8-10-12-19(20)21;/h2*13-16H,2-12H2,1H3,(H,20,21);/q;;+2/p-2. The van der Waals surface area contributed by atoms with Crippen LogP contribution in [0.3, 0.4) is 0 Å². The molecule has 2 aromatic carbocycles. The number of carbonyl (C=O) groups is 2. The summed E-state index contributed by atoms with van der Waals surface area (Å²) in [5, 5.41) is 20.5. The van der Waals surface area contributed by atoms with Crippen molar-refractivity contribution in [1.29, 1.82) is 0 Å². The van der Waals surface area contributed by atoms with Crippen LogP contribution in [0.1, 0.15) is 151 Å². The summed E-state index contributed by atoms with van der Waals surface area (Å²) >= 11 is 0. The predicted octanol–water partition coefficient (Wildman–Crippen LogP) is 8.37. The van der Waals surface area contributed by atoms with E-state index in [2.05, 4.69) is 62.4 Å². The summed E-state index contributed by atoms with van der Waals surface area (Å²) in [5.41, 5.74) is 5.57. The van der Waals surface area contributed by atoms with Gasteiger partial charge in [0.1, 0.15) is 0 Å². The average Bonchev–Trinajstić information content (AvgIpc) is 2.96. The second-order valence-electron chi connectivity index (χ2n) is 12.1. The van der Waals surface area contributed by atoms with E-state index in [9.17, 15) is 19.8 Å². The first-order valence-electron chi connectivity index (χ1n) is 16.9. The Labute approximate surface area is 284 Å². The van der Waals surface area contributed by atoms with Gasteiger partial charge < -0.3 is 19.8 Å². The first kappa shape index (κ1) is 41.3. The number of aryl methyl sites for hydroxylation is 4. The minimum Gasteiger partial charge on any atom is -0.550 e. The van der Waals surface area contributed by atoms with Crippen molar-refractivity contribution in [2.75, 3.05) is 0 Å². The minimum absolute atomic E-state index is 0. The van der Waals surface area contributed by atoms with Crippen LogP contribution < -0.4 is 10.2 Å². The van der Waals surface area contributed by atoms with Crippen LogP contribution in [-0.2, 0) is 50.1 Å². The van der Waals surface area contributed by atoms with Gasteiger partial charge in [-0.1, -0.05) is 150 Å². The number of carboxylic acid groups (broad SMARTS) is 2. The third kappa shape index (κ3) is 27.6. The summed E-state index contributed by atoms with van der Waals surface area (Å²) in [6, 6.07) is 17.7. The number of aliphatic carboxylic acids is 2. The van der Waals surface area contributed by atoms with Crippen molar-refractivity contribution in [1.82, 2.24) is 0 Å². The Hall–Kier alpha value is -1.68. The largest absolute Gasteiger partial charge is 2.00 e. The number of benzene rings is 2. The molecule has 0 atom stereocenters. The summed E-state index contributed by atoms with van der Waals surface area (Å²) in [4.78, 5) is 20.5. The molecule has 236 valence electrons. The Balaban J connectivity index is 0.000000802. The van der Waals surface area contributed by atoms with E-state index in [4.69, 9.17) is 0 Å². The molecule has 0 aliphatic rings. The zero-order valence-corrected chi connectivity index (χ0v) is 33.0. The Morgan fingerprint density at radius 2 is 0.651 bits per heavy atom. The van der Waals surface area contributed by atoms with Crippen LogP contribution in [-0.4, -0.2) is 11.9 Å². The van der Waals surface area contributed by atoms with Crippen molar-refractivity contribution in [3.05, 3.63) is 70.8 Å². The van der Waals surface area contributed by atoms with Gasteiger partial charge in [0.2, 0.25) is 0 Å². The van der Waals surface area contributed by atoms with Gasteiger partial charge in [-0.25, -0.2) is 0 Å². The number of carbonyl (C=O) groups excluding carboxylic acids is 2. The third-order valence-electron chi connectivity index (χ3n) is 7.93. The number of unbranched alkanes of at least 4 members (excludes halogenated alkanes) is 16. The van der Waals surface area contributed by atoms with E-state index in [1.807, 2.05) is 0 Å². The predicted molar refractivity (Wildman–Crippen MR) is 172 cm³/mol. The molecule has 4 nitrogen and oxygen atoms in total. The van der Waals surface area contributed by atoms with Gasteiger partial charge in [-0.2, -0.15) is 0 Å². The van der Waals surface area contributed by atoms with Crippen molar-refractivity contribution in [3.63, 3.8) is 0 Å². The summed E-state index contributed by atoms with van der Waals surface area (Å²) < 4.78 is 0. The number of hydrogen-bond donors (Lipinski definition) is 0. The molecule has 0 bridgehead atoms. The molecule has 0 heterocycles. The summed E-state index contributed by atoms with van der Waals surface area (Å²) in [6.07, 6.45) is 24.3. The minimum atomic E-state index is -0.913. The summed E-state index contributed by atoms with van der Waals surface area (Å²) in [5.74, 6) is -1.83. The molecule has 0 aromatic heterocycles. The van der Waals surface area contributed by atoms with Crippen molar-refractivity contribution in [2.45, 2.75) is 155 Å². The molecule has 0 N–H and O–H groups in total. The smallest absolute Gasteiger partial charge is 0.550 e. The van der Waals surface area contributed by atoms with Gasteiger partial charge in [0.25, 0.3) is 0 Å². The van der Waals surface area contributed by atoms with E-state index in [1.54, 1.807) is 0 Å². The molecule has 0 aliphatic carbocycles. The number of carboxylic acids is 2. The summed E-state index contributed by atoms with van der Waals surface area (Å²) in [6.45, 7) is 4.25. The molecule has 5 heteroatoms. The molecule has 0 aliphatic heterocycles. The third-order valence-corrected chi connectivity index (χ3v) is 7.93. The molecular formula is C38H58HgO4. The van der Waals surface area contributed by atoms with E-state index >= 15 is 0 Å². The van der Waals surface area contributed by atoms with Crippen molar-refractivity contribution in [2.24, 2.45) is 0 Å². The maximum atomic E-state index is 10.2. The molecule has 2 rings (SSSR count). The first-order chi connectivity index (χ1) is 20.4. The van der Waals surface area contributed by atoms with Crippen LogP contribution in [0.15, 0.2) is 48.5 Å². The van der Waals surface area contributed by atoms with Gasteiger partial charge in [0.15, 0.2) is 0 Å². The molecule has 0 radical (unpaired) electrons. The van der Waals surface area contributed by atoms with Gasteiger partial charge in [0.05, 0.1) is 0 Å². The first-order valence-corrected chi connectivity index (χ1v) is 16.9. The van der Waals surface area contributed by atoms with Crippen LogP contribution in [0.5, 0.6) is 0 Å². The molecule has 2 aromatic rings. The maximum absolute atomic E-state index is 10.2. The van der Waals surface area contributed by atoms with E-state index in [0.717, 1.165) is 38.5 Å². The van der Waals surface area contributed by atoms with Gasteiger partial charge in [0, 0.05) is 11.9 Å². The maximum Gasteiger partial charge on any atom is 2.00 e. The van der Waals surface area contributed by atoms with E-state index < -0.39 is 11.9 Å². The van der Waals surface area contributed by atoms with Crippen molar-refractivity contribution in [3.8, 4) is 0 Å². The Morgan fingerprint density at radius 1 is 0.419 bits per heavy atom. The van der Waals surface area contributed by atoms with Gasteiger partial charge >= 0.3 is 27.7 Å². The van der Waals surface area contributed by atoms with E-state index in [0.29, 0.717) is 0 Å². The average molecular weight is 779 g/mol. The van der Waals surface area contributed by atoms with Crippen LogP contribution in [0.25, 0.3) is 0 Å². The SMILES string of the molecule is Cc1ccc(CCCCCCCCCCCC(=O)[O-])cc1.Cc1ccc(CCCCCCCCCCCC(=O)[O-])cc1.[Hg+2]. The molecule has 0 spiro atoms. The normalized spacial score (nSPS) is 10.5. The molecule has 0 saturated carbocycles. The quantitative estimate of drug-likeness (QED) is 0.0793. The van der Waals surface area contributed by atoms with Crippen LogP contribution in [0.4, 0.5) is 0 Å². The second-order valence-corrected chi connectivity index (χ2v) is 12.1. The second kappa shape index (κ2) is 29.0. The number of hydrogen-bond acceptors (Lipinski definition) is 4. The van der Waals surface area contributed by atoms with Gasteiger partial charge in [-0.15, -0.1) is 0 Å².